The summed E-state index contributed by atoms with van der Waals surface area (Å²) < 4.78 is 5.11. The number of aromatic nitrogens is 4. The Labute approximate surface area is 118 Å². The molecular formula is C14H22N4S. The Kier molecular flexibility index (Phi) is 3.04. The number of fused-ring (bicyclic) bond motifs is 1. The number of nitrogens with zero attached hydrogens (tertiary/aromatic N) is 3. The molecule has 1 aliphatic carbocycles. The summed E-state index contributed by atoms with van der Waals surface area (Å²) in [6, 6.07) is 0.509. The number of aromatic amines is 1. The summed E-state index contributed by atoms with van der Waals surface area (Å²) in [5.74, 6) is 1.55. The molecule has 3 rings (SSSR count). The first-order chi connectivity index (χ1) is 8.97. The first-order valence-corrected chi connectivity index (χ1v) is 7.52. The van der Waals surface area contributed by atoms with Crippen molar-refractivity contribution in [3.05, 3.63) is 10.5 Å². The van der Waals surface area contributed by atoms with Gasteiger partial charge in [-0.05, 0) is 50.2 Å². The fourth-order valence-electron chi connectivity index (χ4n) is 3.79. The predicted octanol–water partition coefficient (Wildman–Crippen LogP) is 3.74. The van der Waals surface area contributed by atoms with Gasteiger partial charge in [-0.1, -0.05) is 13.8 Å². The maximum Gasteiger partial charge on any atom is 0.179 e. The lowest BCUT2D eigenvalue weighted by Gasteiger charge is -2.32. The minimum absolute atomic E-state index is 0.509. The van der Waals surface area contributed by atoms with Gasteiger partial charge in [-0.25, -0.2) is 0 Å². The molecule has 5 heteroatoms. The molecule has 1 aliphatic rings. The van der Waals surface area contributed by atoms with Crippen LogP contribution in [-0.2, 0) is 7.05 Å². The van der Waals surface area contributed by atoms with Crippen LogP contribution in [0.15, 0.2) is 0 Å². The quantitative estimate of drug-likeness (QED) is 0.807. The second-order valence-electron chi connectivity index (χ2n) is 6.28. The first-order valence-electron chi connectivity index (χ1n) is 7.11. The van der Waals surface area contributed by atoms with Crippen molar-refractivity contribution < 1.29 is 0 Å². The third kappa shape index (κ3) is 2.04. The van der Waals surface area contributed by atoms with Crippen LogP contribution in [0.3, 0.4) is 0 Å². The number of hydrogen-bond donors (Lipinski definition) is 1. The zero-order chi connectivity index (χ0) is 13.7. The van der Waals surface area contributed by atoms with Crippen molar-refractivity contribution in [1.29, 1.82) is 0 Å². The number of rotatable bonds is 1. The molecule has 1 N–H and O–H groups in total. The van der Waals surface area contributed by atoms with E-state index in [1.165, 1.54) is 19.3 Å². The van der Waals surface area contributed by atoms with Crippen LogP contribution in [0.2, 0.25) is 0 Å². The highest BCUT2D eigenvalue weighted by molar-refractivity contribution is 7.71. The predicted molar refractivity (Wildman–Crippen MR) is 79.8 cm³/mol. The topological polar surface area (TPSA) is 38.5 Å². The average molecular weight is 278 g/mol. The monoisotopic (exact) mass is 278 g/mol. The first kappa shape index (κ1) is 12.9. The van der Waals surface area contributed by atoms with E-state index in [9.17, 15) is 0 Å². The van der Waals surface area contributed by atoms with E-state index in [1.54, 1.807) is 0 Å². The van der Waals surface area contributed by atoms with Gasteiger partial charge in [-0.2, -0.15) is 5.10 Å². The minimum atomic E-state index is 0.509. The van der Waals surface area contributed by atoms with Crippen molar-refractivity contribution in [2.75, 3.05) is 0 Å². The van der Waals surface area contributed by atoms with E-state index in [-0.39, 0.29) is 0 Å². The molecule has 0 amide bonds. The minimum Gasteiger partial charge on any atom is -0.328 e. The van der Waals surface area contributed by atoms with Gasteiger partial charge in [0.05, 0.1) is 5.69 Å². The summed E-state index contributed by atoms with van der Waals surface area (Å²) in [6.45, 7) is 6.74. The van der Waals surface area contributed by atoms with Gasteiger partial charge in [0.1, 0.15) is 5.52 Å². The molecule has 19 heavy (non-hydrogen) atoms. The molecule has 2 aromatic rings. The highest BCUT2D eigenvalue weighted by atomic mass is 32.1. The summed E-state index contributed by atoms with van der Waals surface area (Å²) in [7, 11) is 2.00. The molecule has 1 fully saturated rings. The SMILES string of the molecule is Cc1nn(C)c2c1[nH]c(=S)n2C1CC(C)CC(C)C1. The Bertz CT molecular complexity index is 653. The standard InChI is InChI=1S/C14H22N4S/c1-8-5-9(2)7-11(6-8)18-13-12(15-14(18)19)10(3)16-17(13)4/h8-9,11H,5-7H2,1-4H3,(H,15,19). The van der Waals surface area contributed by atoms with Gasteiger partial charge in [0.25, 0.3) is 0 Å². The molecule has 0 radical (unpaired) electrons. The molecular weight excluding hydrogens is 256 g/mol. The van der Waals surface area contributed by atoms with Crippen LogP contribution < -0.4 is 0 Å². The Morgan fingerprint density at radius 3 is 2.47 bits per heavy atom. The molecule has 0 aromatic carbocycles. The van der Waals surface area contributed by atoms with Gasteiger partial charge in [-0.3, -0.25) is 9.25 Å². The molecule has 4 nitrogen and oxygen atoms in total. The maximum atomic E-state index is 5.55. The van der Waals surface area contributed by atoms with Crippen molar-refractivity contribution >= 4 is 23.4 Å². The van der Waals surface area contributed by atoms with Gasteiger partial charge in [0, 0.05) is 13.1 Å². The fourth-order valence-corrected chi connectivity index (χ4v) is 4.12. The lowest BCUT2D eigenvalue weighted by Crippen LogP contribution is -2.23. The van der Waals surface area contributed by atoms with Gasteiger partial charge in [0.2, 0.25) is 0 Å². The third-order valence-corrected chi connectivity index (χ3v) is 4.69. The molecule has 1 saturated carbocycles. The Morgan fingerprint density at radius 1 is 1.21 bits per heavy atom. The molecule has 104 valence electrons. The molecule has 0 bridgehead atoms. The normalized spacial score (nSPS) is 28.1. The van der Waals surface area contributed by atoms with Crippen molar-refractivity contribution in [1.82, 2.24) is 19.3 Å². The molecule has 2 heterocycles. The zero-order valence-electron chi connectivity index (χ0n) is 12.1. The van der Waals surface area contributed by atoms with E-state index in [1.807, 2.05) is 18.7 Å². The molecule has 0 spiro atoms. The number of aryl methyl sites for hydroxylation is 2. The summed E-state index contributed by atoms with van der Waals surface area (Å²) in [5, 5.41) is 4.50. The smallest absolute Gasteiger partial charge is 0.179 e. The Morgan fingerprint density at radius 2 is 1.84 bits per heavy atom. The number of nitrogens with one attached hydrogen (secondary N) is 1. The van der Waals surface area contributed by atoms with Gasteiger partial charge in [0.15, 0.2) is 10.4 Å². The van der Waals surface area contributed by atoms with Gasteiger partial charge in [-0.15, -0.1) is 0 Å². The van der Waals surface area contributed by atoms with Gasteiger partial charge >= 0.3 is 0 Å². The van der Waals surface area contributed by atoms with Crippen LogP contribution in [0.1, 0.15) is 44.8 Å². The number of hydrogen-bond acceptors (Lipinski definition) is 2. The van der Waals surface area contributed by atoms with Crippen molar-refractivity contribution in [3.63, 3.8) is 0 Å². The average Bonchev–Trinajstić information content (AvgIpc) is 2.76. The van der Waals surface area contributed by atoms with Crippen LogP contribution in [-0.4, -0.2) is 19.3 Å². The lowest BCUT2D eigenvalue weighted by atomic mass is 9.80. The Balaban J connectivity index is 2.14. The summed E-state index contributed by atoms with van der Waals surface area (Å²) in [6.07, 6.45) is 3.77. The third-order valence-electron chi connectivity index (χ3n) is 4.39. The second-order valence-corrected chi connectivity index (χ2v) is 6.67. The van der Waals surface area contributed by atoms with E-state index in [2.05, 4.69) is 28.5 Å². The van der Waals surface area contributed by atoms with Crippen LogP contribution in [0.25, 0.3) is 11.2 Å². The van der Waals surface area contributed by atoms with Crippen LogP contribution >= 0.6 is 12.2 Å². The molecule has 2 aromatic heterocycles. The molecule has 2 unspecified atom stereocenters. The zero-order valence-corrected chi connectivity index (χ0v) is 12.9. The maximum absolute atomic E-state index is 5.55. The van der Waals surface area contributed by atoms with E-state index in [4.69, 9.17) is 12.2 Å². The fraction of sp³-hybridized carbons (Fsp3) is 0.714. The van der Waals surface area contributed by atoms with Crippen LogP contribution in [0.4, 0.5) is 0 Å². The summed E-state index contributed by atoms with van der Waals surface area (Å²) >= 11 is 5.55. The Hall–Kier alpha value is -1.10. The van der Waals surface area contributed by atoms with E-state index < -0.39 is 0 Å². The summed E-state index contributed by atoms with van der Waals surface area (Å²) in [4.78, 5) is 3.34. The largest absolute Gasteiger partial charge is 0.328 e. The van der Waals surface area contributed by atoms with Crippen molar-refractivity contribution in [2.24, 2.45) is 18.9 Å². The van der Waals surface area contributed by atoms with E-state index in [0.29, 0.717) is 6.04 Å². The molecule has 2 atom stereocenters. The lowest BCUT2D eigenvalue weighted by molar-refractivity contribution is 0.222. The molecule has 0 aliphatic heterocycles. The van der Waals surface area contributed by atoms with E-state index in [0.717, 1.165) is 33.5 Å². The number of H-pyrrole nitrogens is 1. The highest BCUT2D eigenvalue weighted by Gasteiger charge is 2.28. The van der Waals surface area contributed by atoms with Crippen LogP contribution in [0.5, 0.6) is 0 Å². The van der Waals surface area contributed by atoms with Gasteiger partial charge < -0.3 is 4.98 Å². The van der Waals surface area contributed by atoms with E-state index >= 15 is 0 Å². The molecule has 0 saturated heterocycles. The highest BCUT2D eigenvalue weighted by Crippen LogP contribution is 2.37. The second kappa shape index (κ2) is 4.47. The van der Waals surface area contributed by atoms with Crippen molar-refractivity contribution in [3.8, 4) is 0 Å². The van der Waals surface area contributed by atoms with Crippen molar-refractivity contribution in [2.45, 2.75) is 46.1 Å². The van der Waals surface area contributed by atoms with Crippen LogP contribution in [0, 0.1) is 23.5 Å². The number of imidazole rings is 1. The summed E-state index contributed by atoms with van der Waals surface area (Å²) in [5.41, 5.74) is 3.27.